The average molecular weight is 450 g/mol. The lowest BCUT2D eigenvalue weighted by atomic mass is 10.00. The summed E-state index contributed by atoms with van der Waals surface area (Å²) in [4.78, 5) is 0.157. The van der Waals surface area contributed by atoms with Gasteiger partial charge in [0.25, 0.3) is 10.0 Å². The van der Waals surface area contributed by atoms with Crippen molar-refractivity contribution in [2.45, 2.75) is 24.2 Å². The number of aliphatic hydroxyl groups excluding tert-OH is 1. The predicted molar refractivity (Wildman–Crippen MR) is 111 cm³/mol. The van der Waals surface area contributed by atoms with Gasteiger partial charge in [0.1, 0.15) is 5.75 Å². The first-order valence-corrected chi connectivity index (χ1v) is 10.8. The topological polar surface area (TPSA) is 86.6 Å². The third kappa shape index (κ3) is 4.43. The van der Waals surface area contributed by atoms with Gasteiger partial charge in [0.05, 0.1) is 10.6 Å². The Kier molecular flexibility index (Phi) is 6.04. The minimum atomic E-state index is -3.77. The van der Waals surface area contributed by atoms with Gasteiger partial charge in [-0.3, -0.25) is 4.72 Å². The van der Waals surface area contributed by atoms with E-state index in [1.54, 1.807) is 42.5 Å². The average Bonchev–Trinajstić information content (AvgIpc) is 2.65. The van der Waals surface area contributed by atoms with E-state index < -0.39 is 10.0 Å². The Morgan fingerprint density at radius 3 is 2.30 bits per heavy atom. The fraction of sp³-hybridized carbons (Fsp3) is 0.200. The Morgan fingerprint density at radius 1 is 0.963 bits per heavy atom. The fourth-order valence-corrected chi connectivity index (χ4v) is 4.27. The number of aromatic hydroxyl groups is 1. The second-order valence-electron chi connectivity index (χ2n) is 6.22. The number of halogens is 1. The molecule has 0 aliphatic rings. The molecule has 0 atom stereocenters. The molecule has 0 unspecified atom stereocenters. The molecule has 27 heavy (non-hydrogen) atoms. The van der Waals surface area contributed by atoms with Gasteiger partial charge in [0.2, 0.25) is 0 Å². The molecule has 3 aromatic rings. The van der Waals surface area contributed by atoms with Crippen LogP contribution < -0.4 is 4.72 Å². The summed E-state index contributed by atoms with van der Waals surface area (Å²) in [7, 11) is -3.77. The molecule has 0 aliphatic carbocycles. The molecule has 0 saturated carbocycles. The van der Waals surface area contributed by atoms with Crippen molar-refractivity contribution in [3.63, 3.8) is 0 Å². The number of anilines is 1. The van der Waals surface area contributed by atoms with E-state index in [1.807, 2.05) is 0 Å². The van der Waals surface area contributed by atoms with E-state index in [4.69, 9.17) is 5.11 Å². The Morgan fingerprint density at radius 2 is 1.63 bits per heavy atom. The number of rotatable bonds is 7. The van der Waals surface area contributed by atoms with Crippen LogP contribution in [0.3, 0.4) is 0 Å². The van der Waals surface area contributed by atoms with Gasteiger partial charge in [-0.25, -0.2) is 8.42 Å². The van der Waals surface area contributed by atoms with Gasteiger partial charge in [0, 0.05) is 21.9 Å². The number of hydrogen-bond acceptors (Lipinski definition) is 4. The summed E-state index contributed by atoms with van der Waals surface area (Å²) >= 11 is 3.30. The van der Waals surface area contributed by atoms with E-state index in [-0.39, 0.29) is 17.3 Å². The van der Waals surface area contributed by atoms with Crippen molar-refractivity contribution >= 4 is 42.4 Å². The molecular weight excluding hydrogens is 430 g/mol. The first-order valence-electron chi connectivity index (χ1n) is 8.55. The number of nitrogens with one attached hydrogen (secondary N) is 1. The Bertz CT molecular complexity index is 1050. The van der Waals surface area contributed by atoms with Gasteiger partial charge in [-0.05, 0) is 55.2 Å². The summed E-state index contributed by atoms with van der Waals surface area (Å²) in [5.41, 5.74) is 1.07. The van der Waals surface area contributed by atoms with E-state index in [1.165, 1.54) is 12.1 Å². The number of unbranched alkanes of at least 4 members (excludes halogenated alkanes) is 1. The third-order valence-electron chi connectivity index (χ3n) is 4.32. The standard InChI is InChI=1S/C20H20BrNO4S/c21-15-8-10-16(11-9-15)27(25,26)22-19-13-14(5-3-4-12-23)20(24)18-7-2-1-6-17(18)19/h1-2,6-11,13,22-24H,3-5,12H2. The molecule has 0 radical (unpaired) electrons. The van der Waals surface area contributed by atoms with E-state index in [0.29, 0.717) is 41.3 Å². The van der Waals surface area contributed by atoms with Crippen molar-refractivity contribution in [1.29, 1.82) is 0 Å². The smallest absolute Gasteiger partial charge is 0.261 e. The molecule has 0 aromatic heterocycles. The van der Waals surface area contributed by atoms with E-state index in [0.717, 1.165) is 4.47 Å². The highest BCUT2D eigenvalue weighted by atomic mass is 79.9. The lowest BCUT2D eigenvalue weighted by Gasteiger charge is -2.15. The van der Waals surface area contributed by atoms with E-state index >= 15 is 0 Å². The van der Waals surface area contributed by atoms with Gasteiger partial charge in [-0.2, -0.15) is 0 Å². The van der Waals surface area contributed by atoms with Crippen molar-refractivity contribution in [2.24, 2.45) is 0 Å². The van der Waals surface area contributed by atoms with Crippen LogP contribution in [0.2, 0.25) is 0 Å². The van der Waals surface area contributed by atoms with Gasteiger partial charge in [-0.15, -0.1) is 0 Å². The van der Waals surface area contributed by atoms with Crippen LogP contribution in [0.25, 0.3) is 10.8 Å². The minimum Gasteiger partial charge on any atom is -0.507 e. The number of hydrogen-bond donors (Lipinski definition) is 3. The second-order valence-corrected chi connectivity index (χ2v) is 8.82. The minimum absolute atomic E-state index is 0.0808. The number of fused-ring (bicyclic) bond motifs is 1. The van der Waals surface area contributed by atoms with Gasteiger partial charge >= 0.3 is 0 Å². The maximum absolute atomic E-state index is 12.8. The van der Waals surface area contributed by atoms with Crippen LogP contribution in [0.4, 0.5) is 5.69 Å². The maximum Gasteiger partial charge on any atom is 0.261 e. The van der Waals surface area contributed by atoms with Crippen LogP contribution in [-0.2, 0) is 16.4 Å². The fourth-order valence-electron chi connectivity index (χ4n) is 2.94. The summed E-state index contributed by atoms with van der Waals surface area (Å²) in [5.74, 6) is 0.148. The highest BCUT2D eigenvalue weighted by Gasteiger charge is 2.18. The Balaban J connectivity index is 2.04. The molecule has 0 aliphatic heterocycles. The van der Waals surface area contributed by atoms with Crippen LogP contribution in [0.1, 0.15) is 18.4 Å². The quantitative estimate of drug-likeness (QED) is 0.367. The molecule has 3 N–H and O–H groups in total. The zero-order valence-corrected chi connectivity index (χ0v) is 16.9. The van der Waals surface area contributed by atoms with Crippen LogP contribution >= 0.6 is 15.9 Å². The summed E-state index contributed by atoms with van der Waals surface area (Å²) in [6.45, 7) is 0.0808. The first kappa shape index (κ1) is 19.7. The van der Waals surface area contributed by atoms with Crippen LogP contribution in [0.15, 0.2) is 64.0 Å². The van der Waals surface area contributed by atoms with E-state index in [9.17, 15) is 13.5 Å². The number of benzene rings is 3. The molecule has 0 saturated heterocycles. The number of sulfonamides is 1. The lowest BCUT2D eigenvalue weighted by molar-refractivity contribution is 0.284. The van der Waals surface area contributed by atoms with Crippen LogP contribution in [-0.4, -0.2) is 25.2 Å². The van der Waals surface area contributed by atoms with Gasteiger partial charge in [0.15, 0.2) is 0 Å². The molecule has 142 valence electrons. The van der Waals surface area contributed by atoms with Crippen LogP contribution in [0.5, 0.6) is 5.75 Å². The monoisotopic (exact) mass is 449 g/mol. The molecule has 5 nitrogen and oxygen atoms in total. The lowest BCUT2D eigenvalue weighted by Crippen LogP contribution is -2.13. The van der Waals surface area contributed by atoms with Gasteiger partial charge < -0.3 is 10.2 Å². The summed E-state index contributed by atoms with van der Waals surface area (Å²) < 4.78 is 29.0. The molecule has 0 bridgehead atoms. The first-order chi connectivity index (χ1) is 12.9. The van der Waals surface area contributed by atoms with Crippen LogP contribution in [0, 0.1) is 0 Å². The highest BCUT2D eigenvalue weighted by Crippen LogP contribution is 2.36. The highest BCUT2D eigenvalue weighted by molar-refractivity contribution is 9.10. The second kappa shape index (κ2) is 8.29. The van der Waals surface area contributed by atoms with Crippen molar-refractivity contribution in [3.05, 3.63) is 64.6 Å². The predicted octanol–water partition coefficient (Wildman–Crippen LogP) is 4.42. The zero-order valence-electron chi connectivity index (χ0n) is 14.5. The Hall–Kier alpha value is -2.09. The number of phenolic OH excluding ortho intramolecular Hbond substituents is 1. The van der Waals surface area contributed by atoms with Crippen molar-refractivity contribution in [1.82, 2.24) is 0 Å². The molecule has 0 fully saturated rings. The maximum atomic E-state index is 12.8. The molecule has 0 amide bonds. The third-order valence-corrected chi connectivity index (χ3v) is 6.23. The molecular formula is C20H20BrNO4S. The largest absolute Gasteiger partial charge is 0.507 e. The van der Waals surface area contributed by atoms with Crippen molar-refractivity contribution in [3.8, 4) is 5.75 Å². The summed E-state index contributed by atoms with van der Waals surface area (Å²) in [5, 5.41) is 20.8. The van der Waals surface area contributed by atoms with Gasteiger partial charge in [-0.1, -0.05) is 40.2 Å². The molecule has 3 rings (SSSR count). The van der Waals surface area contributed by atoms with Crippen molar-refractivity contribution < 1.29 is 18.6 Å². The molecule has 0 heterocycles. The zero-order chi connectivity index (χ0) is 19.4. The SMILES string of the molecule is O=S(=O)(Nc1cc(CCCCO)c(O)c2ccccc12)c1ccc(Br)cc1. The number of aryl methyl sites for hydroxylation is 1. The number of aliphatic hydroxyl groups is 1. The summed E-state index contributed by atoms with van der Waals surface area (Å²) in [6, 6.07) is 15.2. The molecule has 3 aromatic carbocycles. The van der Waals surface area contributed by atoms with E-state index in [2.05, 4.69) is 20.7 Å². The Labute approximate surface area is 166 Å². The number of phenols is 1. The molecule has 0 spiro atoms. The molecule has 7 heteroatoms. The summed E-state index contributed by atoms with van der Waals surface area (Å²) in [6.07, 6.45) is 1.86. The normalized spacial score (nSPS) is 11.6. The van der Waals surface area contributed by atoms with Crippen molar-refractivity contribution in [2.75, 3.05) is 11.3 Å².